The molecule has 2 rings (SSSR count). The fourth-order valence-electron chi connectivity index (χ4n) is 1.85. The number of halogens is 2. The van der Waals surface area contributed by atoms with E-state index in [4.69, 9.17) is 33.7 Å². The molecule has 6 heteroatoms. The minimum Gasteiger partial charge on any atom is -0.495 e. The number of hydrogen-bond donors (Lipinski definition) is 2. The summed E-state index contributed by atoms with van der Waals surface area (Å²) in [6.07, 6.45) is 0.197. The van der Waals surface area contributed by atoms with Crippen LogP contribution in [0.15, 0.2) is 36.4 Å². The maximum Gasteiger partial charge on any atom is 0.228 e. The van der Waals surface area contributed by atoms with Crippen LogP contribution in [0.2, 0.25) is 10.0 Å². The highest BCUT2D eigenvalue weighted by molar-refractivity contribution is 6.42. The lowest BCUT2D eigenvalue weighted by Crippen LogP contribution is -2.14. The van der Waals surface area contributed by atoms with Gasteiger partial charge in [0.15, 0.2) is 0 Å². The van der Waals surface area contributed by atoms with Crippen molar-refractivity contribution in [2.75, 3.05) is 18.2 Å². The Morgan fingerprint density at radius 1 is 1.19 bits per heavy atom. The molecule has 0 aliphatic carbocycles. The number of carbonyl (C=O) groups excluding carboxylic acids is 1. The van der Waals surface area contributed by atoms with Crippen molar-refractivity contribution in [1.82, 2.24) is 0 Å². The number of hydrogen-bond acceptors (Lipinski definition) is 3. The summed E-state index contributed by atoms with van der Waals surface area (Å²) in [6, 6.07) is 10.2. The molecule has 0 heterocycles. The standard InChI is InChI=1S/C15H14Cl2N2O2/c1-21-14-5-3-10(8-13(14)18)19-15(20)7-9-2-4-11(16)12(17)6-9/h2-6,8H,7,18H2,1H3,(H,19,20). The van der Waals surface area contributed by atoms with Gasteiger partial charge in [0, 0.05) is 5.69 Å². The predicted octanol–water partition coefficient (Wildman–Crippen LogP) is 3.77. The quantitative estimate of drug-likeness (QED) is 0.841. The highest BCUT2D eigenvalue weighted by Crippen LogP contribution is 2.25. The lowest BCUT2D eigenvalue weighted by molar-refractivity contribution is -0.115. The van der Waals surface area contributed by atoms with Crippen molar-refractivity contribution in [2.24, 2.45) is 0 Å². The Kier molecular flexibility index (Phi) is 4.94. The molecule has 2 aromatic carbocycles. The fraction of sp³-hybridized carbons (Fsp3) is 0.133. The SMILES string of the molecule is COc1ccc(NC(=O)Cc2ccc(Cl)c(Cl)c2)cc1N. The summed E-state index contributed by atoms with van der Waals surface area (Å²) in [5.41, 5.74) is 7.64. The van der Waals surface area contributed by atoms with Crippen molar-refractivity contribution in [3.05, 3.63) is 52.0 Å². The van der Waals surface area contributed by atoms with Crippen molar-refractivity contribution in [3.8, 4) is 5.75 Å². The number of nitrogen functional groups attached to an aromatic ring is 1. The normalized spacial score (nSPS) is 10.2. The summed E-state index contributed by atoms with van der Waals surface area (Å²) in [6.45, 7) is 0. The average Bonchev–Trinajstić information content (AvgIpc) is 2.43. The van der Waals surface area contributed by atoms with Crippen LogP contribution in [-0.4, -0.2) is 13.0 Å². The van der Waals surface area contributed by atoms with Gasteiger partial charge in [0.05, 0.1) is 29.3 Å². The molecule has 0 aromatic heterocycles. The highest BCUT2D eigenvalue weighted by Gasteiger charge is 2.08. The Bertz CT molecular complexity index is 675. The Labute approximate surface area is 132 Å². The fourth-order valence-corrected chi connectivity index (χ4v) is 2.17. The number of anilines is 2. The van der Waals surface area contributed by atoms with Gasteiger partial charge in [0.1, 0.15) is 5.75 Å². The molecule has 0 aliphatic heterocycles. The third-order valence-electron chi connectivity index (χ3n) is 2.86. The lowest BCUT2D eigenvalue weighted by Gasteiger charge is -2.09. The van der Waals surface area contributed by atoms with Crippen LogP contribution in [-0.2, 0) is 11.2 Å². The van der Waals surface area contributed by atoms with Gasteiger partial charge in [-0.25, -0.2) is 0 Å². The number of benzene rings is 2. The third kappa shape index (κ3) is 4.03. The zero-order chi connectivity index (χ0) is 15.4. The molecule has 0 radical (unpaired) electrons. The second kappa shape index (κ2) is 6.70. The van der Waals surface area contributed by atoms with E-state index in [1.54, 1.807) is 36.4 Å². The monoisotopic (exact) mass is 324 g/mol. The van der Waals surface area contributed by atoms with E-state index in [-0.39, 0.29) is 12.3 Å². The molecule has 1 amide bonds. The number of carbonyl (C=O) groups is 1. The van der Waals surface area contributed by atoms with Crippen molar-refractivity contribution in [1.29, 1.82) is 0 Å². The van der Waals surface area contributed by atoms with E-state index < -0.39 is 0 Å². The van der Waals surface area contributed by atoms with Crippen LogP contribution in [0.5, 0.6) is 5.75 Å². The van der Waals surface area contributed by atoms with Crippen LogP contribution in [0.25, 0.3) is 0 Å². The van der Waals surface area contributed by atoms with Gasteiger partial charge in [-0.1, -0.05) is 29.3 Å². The first-order valence-corrected chi connectivity index (χ1v) is 6.92. The minimum atomic E-state index is -0.169. The van der Waals surface area contributed by atoms with Gasteiger partial charge < -0.3 is 15.8 Å². The topological polar surface area (TPSA) is 64.3 Å². The number of rotatable bonds is 4. The van der Waals surface area contributed by atoms with Gasteiger partial charge in [-0.2, -0.15) is 0 Å². The van der Waals surface area contributed by atoms with Crippen LogP contribution in [0.1, 0.15) is 5.56 Å². The molecule has 0 spiro atoms. The average molecular weight is 325 g/mol. The van der Waals surface area contributed by atoms with Crippen molar-refractivity contribution in [3.63, 3.8) is 0 Å². The highest BCUT2D eigenvalue weighted by atomic mass is 35.5. The molecular formula is C15H14Cl2N2O2. The Morgan fingerprint density at radius 3 is 2.57 bits per heavy atom. The van der Waals surface area contributed by atoms with E-state index in [0.29, 0.717) is 27.2 Å². The Morgan fingerprint density at radius 2 is 1.95 bits per heavy atom. The number of methoxy groups -OCH3 is 1. The van der Waals surface area contributed by atoms with E-state index in [2.05, 4.69) is 5.32 Å². The predicted molar refractivity (Wildman–Crippen MR) is 86.2 cm³/mol. The van der Waals surface area contributed by atoms with E-state index >= 15 is 0 Å². The van der Waals surface area contributed by atoms with E-state index in [0.717, 1.165) is 5.56 Å². The number of nitrogens with two attached hydrogens (primary N) is 1. The van der Waals surface area contributed by atoms with Gasteiger partial charge in [0.2, 0.25) is 5.91 Å². The molecule has 0 fully saturated rings. The van der Waals surface area contributed by atoms with Gasteiger partial charge in [-0.05, 0) is 35.9 Å². The molecule has 0 saturated heterocycles. The molecule has 0 unspecified atom stereocenters. The molecule has 0 saturated carbocycles. The number of nitrogens with one attached hydrogen (secondary N) is 1. The second-order valence-electron chi connectivity index (χ2n) is 4.43. The third-order valence-corrected chi connectivity index (χ3v) is 3.60. The van der Waals surface area contributed by atoms with Crippen LogP contribution in [0.4, 0.5) is 11.4 Å². The number of amides is 1. The molecule has 110 valence electrons. The maximum absolute atomic E-state index is 12.0. The van der Waals surface area contributed by atoms with Crippen molar-refractivity contribution in [2.45, 2.75) is 6.42 Å². The Balaban J connectivity index is 2.04. The van der Waals surface area contributed by atoms with Crippen LogP contribution in [0, 0.1) is 0 Å². The molecule has 21 heavy (non-hydrogen) atoms. The molecule has 0 bridgehead atoms. The van der Waals surface area contributed by atoms with E-state index in [1.165, 1.54) is 7.11 Å². The lowest BCUT2D eigenvalue weighted by atomic mass is 10.1. The van der Waals surface area contributed by atoms with Crippen LogP contribution in [0.3, 0.4) is 0 Å². The van der Waals surface area contributed by atoms with E-state index in [9.17, 15) is 4.79 Å². The van der Waals surface area contributed by atoms with Crippen LogP contribution >= 0.6 is 23.2 Å². The number of ether oxygens (including phenoxy) is 1. The van der Waals surface area contributed by atoms with Gasteiger partial charge >= 0.3 is 0 Å². The zero-order valence-corrected chi connectivity index (χ0v) is 12.8. The Hall–Kier alpha value is -1.91. The van der Waals surface area contributed by atoms with Gasteiger partial charge in [-0.3, -0.25) is 4.79 Å². The first kappa shape index (κ1) is 15.5. The first-order valence-electron chi connectivity index (χ1n) is 6.17. The van der Waals surface area contributed by atoms with Crippen molar-refractivity contribution >= 4 is 40.5 Å². The molecular weight excluding hydrogens is 311 g/mol. The smallest absolute Gasteiger partial charge is 0.228 e. The molecule has 2 aromatic rings. The summed E-state index contributed by atoms with van der Waals surface area (Å²) >= 11 is 11.8. The molecule has 3 N–H and O–H groups in total. The molecule has 0 atom stereocenters. The molecule has 0 aliphatic rings. The summed E-state index contributed by atoms with van der Waals surface area (Å²) in [5, 5.41) is 3.65. The first-order chi connectivity index (χ1) is 9.99. The zero-order valence-electron chi connectivity index (χ0n) is 11.3. The largest absolute Gasteiger partial charge is 0.495 e. The summed E-state index contributed by atoms with van der Waals surface area (Å²) in [4.78, 5) is 12.0. The van der Waals surface area contributed by atoms with E-state index in [1.807, 2.05) is 0 Å². The summed E-state index contributed by atoms with van der Waals surface area (Å²) in [7, 11) is 1.54. The maximum atomic E-state index is 12.0. The summed E-state index contributed by atoms with van der Waals surface area (Å²) in [5.74, 6) is 0.399. The van der Waals surface area contributed by atoms with Crippen LogP contribution < -0.4 is 15.8 Å². The second-order valence-corrected chi connectivity index (χ2v) is 5.24. The van der Waals surface area contributed by atoms with Gasteiger partial charge in [0.25, 0.3) is 0 Å². The molecule has 4 nitrogen and oxygen atoms in total. The van der Waals surface area contributed by atoms with Crippen molar-refractivity contribution < 1.29 is 9.53 Å². The minimum absolute atomic E-state index is 0.169. The van der Waals surface area contributed by atoms with Gasteiger partial charge in [-0.15, -0.1) is 0 Å². The summed E-state index contributed by atoms with van der Waals surface area (Å²) < 4.78 is 5.06.